The fraction of sp³-hybridized carbons (Fsp3) is 0.950. The molecular weight excluding hydrogens is 302 g/mol. The number of hydrogen-bond acceptors (Lipinski definition) is 3. The van der Waals surface area contributed by atoms with Crippen molar-refractivity contribution >= 4 is 5.91 Å². The van der Waals surface area contributed by atoms with Crippen LogP contribution in [0.2, 0.25) is 0 Å². The minimum absolute atomic E-state index is 0.0783. The molecule has 0 spiro atoms. The van der Waals surface area contributed by atoms with E-state index in [1.807, 2.05) is 13.8 Å². The second-order valence-corrected chi connectivity index (χ2v) is 7.50. The van der Waals surface area contributed by atoms with E-state index in [-0.39, 0.29) is 31.0 Å². The van der Waals surface area contributed by atoms with Crippen molar-refractivity contribution in [2.24, 2.45) is 23.0 Å². The molecule has 0 aromatic rings. The predicted molar refractivity (Wildman–Crippen MR) is 101 cm³/mol. The number of primary amides is 1. The molecule has 0 rings (SSSR count). The fourth-order valence-corrected chi connectivity index (χ4v) is 3.82. The Morgan fingerprint density at radius 1 is 0.833 bits per heavy atom. The molecule has 0 bridgehead atoms. The van der Waals surface area contributed by atoms with Crippen molar-refractivity contribution in [2.75, 3.05) is 13.2 Å². The topological polar surface area (TPSA) is 83.6 Å². The molecule has 0 saturated carbocycles. The van der Waals surface area contributed by atoms with E-state index in [0.29, 0.717) is 6.42 Å². The van der Waals surface area contributed by atoms with Crippen LogP contribution in [0.3, 0.4) is 0 Å². The summed E-state index contributed by atoms with van der Waals surface area (Å²) in [6.45, 7) is 5.79. The number of nitrogens with two attached hydrogens (primary N) is 1. The molecule has 4 nitrogen and oxygen atoms in total. The first-order chi connectivity index (χ1) is 11.5. The van der Waals surface area contributed by atoms with Gasteiger partial charge < -0.3 is 15.9 Å². The van der Waals surface area contributed by atoms with Crippen LogP contribution in [0.5, 0.6) is 0 Å². The van der Waals surface area contributed by atoms with E-state index < -0.39 is 5.41 Å². The van der Waals surface area contributed by atoms with Crippen molar-refractivity contribution in [3.05, 3.63) is 0 Å². The van der Waals surface area contributed by atoms with Gasteiger partial charge in [0.2, 0.25) is 5.91 Å². The molecule has 4 N–H and O–H groups in total. The van der Waals surface area contributed by atoms with Crippen LogP contribution < -0.4 is 5.73 Å². The average Bonchev–Trinajstić information content (AvgIpc) is 2.58. The van der Waals surface area contributed by atoms with Gasteiger partial charge in [-0.15, -0.1) is 0 Å². The summed E-state index contributed by atoms with van der Waals surface area (Å²) in [6, 6.07) is 0. The molecule has 0 heterocycles. The number of aliphatic hydroxyl groups excluding tert-OH is 2. The lowest BCUT2D eigenvalue weighted by molar-refractivity contribution is -0.138. The quantitative estimate of drug-likeness (QED) is 0.370. The molecule has 0 saturated heterocycles. The lowest BCUT2D eigenvalue weighted by Gasteiger charge is -2.40. The maximum atomic E-state index is 12.1. The summed E-state index contributed by atoms with van der Waals surface area (Å²) >= 11 is 0. The molecule has 0 aromatic heterocycles. The van der Waals surface area contributed by atoms with Gasteiger partial charge in [0, 0.05) is 13.2 Å². The van der Waals surface area contributed by atoms with Gasteiger partial charge in [0.15, 0.2) is 0 Å². The predicted octanol–water partition coefficient (Wildman–Crippen LogP) is 4.03. The van der Waals surface area contributed by atoms with Crippen molar-refractivity contribution in [3.63, 3.8) is 0 Å². The Bertz CT molecular complexity index is 310. The van der Waals surface area contributed by atoms with Crippen molar-refractivity contribution in [2.45, 2.75) is 91.4 Å². The highest BCUT2D eigenvalue weighted by molar-refractivity contribution is 5.81. The smallest absolute Gasteiger partial charge is 0.224 e. The summed E-state index contributed by atoms with van der Waals surface area (Å²) in [5.41, 5.74) is 4.88. The highest BCUT2D eigenvalue weighted by atomic mass is 16.3. The summed E-state index contributed by atoms with van der Waals surface area (Å²) in [5, 5.41) is 19.1. The van der Waals surface area contributed by atoms with Gasteiger partial charge in [0.05, 0.1) is 5.41 Å². The number of aliphatic hydroxyl groups is 2. The van der Waals surface area contributed by atoms with Crippen molar-refractivity contribution in [3.8, 4) is 0 Å². The summed E-state index contributed by atoms with van der Waals surface area (Å²) < 4.78 is 0. The third-order valence-electron chi connectivity index (χ3n) is 5.71. The van der Waals surface area contributed by atoms with Crippen LogP contribution in [0.25, 0.3) is 0 Å². The minimum Gasteiger partial charge on any atom is -0.396 e. The molecule has 2 atom stereocenters. The number of rotatable bonds is 16. The van der Waals surface area contributed by atoms with Gasteiger partial charge in [-0.1, -0.05) is 85.0 Å². The van der Waals surface area contributed by atoms with E-state index in [1.54, 1.807) is 0 Å². The maximum absolute atomic E-state index is 12.1. The largest absolute Gasteiger partial charge is 0.396 e. The Morgan fingerprint density at radius 2 is 1.21 bits per heavy atom. The second kappa shape index (κ2) is 13.7. The molecule has 144 valence electrons. The highest BCUT2D eigenvalue weighted by Gasteiger charge is 2.45. The highest BCUT2D eigenvalue weighted by Crippen LogP contribution is 2.40. The Labute approximate surface area is 149 Å². The lowest BCUT2D eigenvalue weighted by atomic mass is 9.64. The zero-order valence-corrected chi connectivity index (χ0v) is 16.2. The molecule has 24 heavy (non-hydrogen) atoms. The SMILES string of the molecule is CCCCCCCCCCCCC(C(N)=O)(C(C)CO)C(C)CO. The molecule has 0 aliphatic carbocycles. The summed E-state index contributed by atoms with van der Waals surface area (Å²) in [4.78, 5) is 12.1. The first kappa shape index (κ1) is 23.4. The minimum atomic E-state index is -0.802. The van der Waals surface area contributed by atoms with E-state index in [2.05, 4.69) is 6.92 Å². The maximum Gasteiger partial charge on any atom is 0.224 e. The summed E-state index contributed by atoms with van der Waals surface area (Å²) in [5.74, 6) is -0.840. The zero-order chi connectivity index (χ0) is 18.4. The third-order valence-corrected chi connectivity index (χ3v) is 5.71. The molecular formula is C20H41NO3. The standard InChI is InChI=1S/C20H41NO3/c1-4-5-6-7-8-9-10-11-12-13-14-20(19(21)24,17(2)15-22)18(3)16-23/h17-18,22-23H,4-16H2,1-3H3,(H2,21,24). The van der Waals surface area contributed by atoms with Crippen LogP contribution in [0, 0.1) is 17.3 Å². The van der Waals surface area contributed by atoms with E-state index in [9.17, 15) is 15.0 Å². The first-order valence-electron chi connectivity index (χ1n) is 9.98. The van der Waals surface area contributed by atoms with Crippen LogP contribution in [-0.2, 0) is 4.79 Å². The number of carbonyl (C=O) groups is 1. The zero-order valence-electron chi connectivity index (χ0n) is 16.2. The van der Waals surface area contributed by atoms with Crippen molar-refractivity contribution in [1.82, 2.24) is 0 Å². The molecule has 0 aromatic carbocycles. The van der Waals surface area contributed by atoms with Crippen LogP contribution in [0.15, 0.2) is 0 Å². The van der Waals surface area contributed by atoms with Crippen molar-refractivity contribution in [1.29, 1.82) is 0 Å². The Kier molecular flexibility index (Phi) is 13.3. The average molecular weight is 344 g/mol. The fourth-order valence-electron chi connectivity index (χ4n) is 3.82. The van der Waals surface area contributed by atoms with Gasteiger partial charge in [-0.25, -0.2) is 0 Å². The normalized spacial score (nSPS) is 16.5. The molecule has 0 fully saturated rings. The molecule has 2 unspecified atom stereocenters. The van der Waals surface area contributed by atoms with Gasteiger partial charge in [0.25, 0.3) is 0 Å². The lowest BCUT2D eigenvalue weighted by Crippen LogP contribution is -2.49. The van der Waals surface area contributed by atoms with Gasteiger partial charge in [-0.05, 0) is 18.3 Å². The van der Waals surface area contributed by atoms with Crippen LogP contribution in [0.4, 0.5) is 0 Å². The van der Waals surface area contributed by atoms with Crippen LogP contribution in [0.1, 0.15) is 91.4 Å². The van der Waals surface area contributed by atoms with Gasteiger partial charge in [0.1, 0.15) is 0 Å². The number of carbonyl (C=O) groups excluding carboxylic acids is 1. The Morgan fingerprint density at radius 3 is 1.54 bits per heavy atom. The Balaban J connectivity index is 4.18. The molecule has 0 aliphatic rings. The van der Waals surface area contributed by atoms with E-state index >= 15 is 0 Å². The molecule has 0 aliphatic heterocycles. The molecule has 1 amide bonds. The van der Waals surface area contributed by atoms with Crippen LogP contribution >= 0.6 is 0 Å². The van der Waals surface area contributed by atoms with Crippen molar-refractivity contribution < 1.29 is 15.0 Å². The number of amides is 1. The number of hydrogen-bond donors (Lipinski definition) is 3. The van der Waals surface area contributed by atoms with Gasteiger partial charge in [-0.3, -0.25) is 4.79 Å². The van der Waals surface area contributed by atoms with E-state index in [1.165, 1.54) is 51.4 Å². The first-order valence-corrected chi connectivity index (χ1v) is 9.98. The van der Waals surface area contributed by atoms with E-state index in [0.717, 1.165) is 12.8 Å². The molecule has 4 heteroatoms. The van der Waals surface area contributed by atoms with Gasteiger partial charge in [-0.2, -0.15) is 0 Å². The summed E-state index contributed by atoms with van der Waals surface area (Å²) in [6.07, 6.45) is 13.1. The summed E-state index contributed by atoms with van der Waals surface area (Å²) in [7, 11) is 0. The van der Waals surface area contributed by atoms with Gasteiger partial charge >= 0.3 is 0 Å². The number of unbranched alkanes of at least 4 members (excludes halogenated alkanes) is 9. The van der Waals surface area contributed by atoms with E-state index in [4.69, 9.17) is 5.73 Å². The van der Waals surface area contributed by atoms with Crippen LogP contribution in [-0.4, -0.2) is 29.3 Å². The molecule has 0 radical (unpaired) electrons. The monoisotopic (exact) mass is 343 g/mol. The second-order valence-electron chi connectivity index (χ2n) is 7.50. The Hall–Kier alpha value is -0.610. The third kappa shape index (κ3) is 7.52.